The van der Waals surface area contributed by atoms with E-state index in [1.165, 1.54) is 0 Å². The van der Waals surface area contributed by atoms with E-state index in [0.717, 1.165) is 38.7 Å². The van der Waals surface area contributed by atoms with Crippen LogP contribution in [0.25, 0.3) is 0 Å². The first-order valence-electron chi connectivity index (χ1n) is 6.66. The van der Waals surface area contributed by atoms with E-state index in [9.17, 15) is 4.79 Å². The number of nitrogens with zero attached hydrogens (tertiary/aromatic N) is 4. The highest BCUT2D eigenvalue weighted by Gasteiger charge is 2.20. The number of rotatable bonds is 4. The Bertz CT molecular complexity index is 403. The zero-order valence-corrected chi connectivity index (χ0v) is 11.5. The summed E-state index contributed by atoms with van der Waals surface area (Å²) in [6.07, 6.45) is 3.54. The lowest BCUT2D eigenvalue weighted by molar-refractivity contribution is -0.119. The molecule has 1 unspecified atom stereocenters. The molecule has 1 aliphatic heterocycles. The third-order valence-electron chi connectivity index (χ3n) is 3.19. The number of aromatic nitrogens is 2. The predicted molar refractivity (Wildman–Crippen MR) is 74.0 cm³/mol. The van der Waals surface area contributed by atoms with E-state index in [1.807, 2.05) is 13.0 Å². The van der Waals surface area contributed by atoms with Crippen LogP contribution >= 0.6 is 0 Å². The summed E-state index contributed by atoms with van der Waals surface area (Å²) in [4.78, 5) is 24.1. The largest absolute Gasteiger partial charge is 0.353 e. The van der Waals surface area contributed by atoms with Gasteiger partial charge in [-0.15, -0.1) is 0 Å². The minimum absolute atomic E-state index is 0.0313. The average molecular weight is 263 g/mol. The van der Waals surface area contributed by atoms with Gasteiger partial charge in [0, 0.05) is 58.1 Å². The fourth-order valence-electron chi connectivity index (χ4n) is 2.36. The summed E-state index contributed by atoms with van der Waals surface area (Å²) in [5.41, 5.74) is 0. The van der Waals surface area contributed by atoms with Crippen molar-refractivity contribution in [3.8, 4) is 0 Å². The van der Waals surface area contributed by atoms with Gasteiger partial charge in [-0.1, -0.05) is 0 Å². The number of hydrogen-bond donors (Lipinski definition) is 1. The van der Waals surface area contributed by atoms with E-state index in [1.54, 1.807) is 19.3 Å². The van der Waals surface area contributed by atoms with Crippen LogP contribution in [-0.2, 0) is 4.79 Å². The number of piperazine rings is 1. The molecule has 1 amide bonds. The second-order valence-corrected chi connectivity index (χ2v) is 4.94. The molecule has 2 heterocycles. The van der Waals surface area contributed by atoms with Gasteiger partial charge in [-0.05, 0) is 13.0 Å². The molecule has 0 bridgehead atoms. The molecule has 1 N–H and O–H groups in total. The van der Waals surface area contributed by atoms with Crippen molar-refractivity contribution in [3.63, 3.8) is 0 Å². The Morgan fingerprint density at radius 2 is 1.95 bits per heavy atom. The van der Waals surface area contributed by atoms with Crippen LogP contribution in [0.5, 0.6) is 0 Å². The van der Waals surface area contributed by atoms with Gasteiger partial charge in [0.2, 0.25) is 11.9 Å². The Labute approximate surface area is 113 Å². The van der Waals surface area contributed by atoms with Crippen LogP contribution in [0.1, 0.15) is 13.8 Å². The molecule has 6 nitrogen and oxygen atoms in total. The predicted octanol–water partition coefficient (Wildman–Crippen LogP) is 0.123. The number of amides is 1. The lowest BCUT2D eigenvalue weighted by Crippen LogP contribution is -2.51. The van der Waals surface area contributed by atoms with Crippen molar-refractivity contribution in [1.82, 2.24) is 20.2 Å². The molecule has 0 spiro atoms. The van der Waals surface area contributed by atoms with Crippen molar-refractivity contribution in [2.75, 3.05) is 37.6 Å². The summed E-state index contributed by atoms with van der Waals surface area (Å²) in [5, 5.41) is 2.91. The molecule has 2 rings (SSSR count). The van der Waals surface area contributed by atoms with Gasteiger partial charge in [-0.2, -0.15) is 0 Å². The Morgan fingerprint density at radius 3 is 2.53 bits per heavy atom. The molecular weight excluding hydrogens is 242 g/mol. The van der Waals surface area contributed by atoms with Crippen molar-refractivity contribution in [2.45, 2.75) is 19.9 Å². The van der Waals surface area contributed by atoms with Gasteiger partial charge >= 0.3 is 0 Å². The van der Waals surface area contributed by atoms with Gasteiger partial charge in [-0.25, -0.2) is 9.97 Å². The standard InChI is InChI=1S/C13H21N5O/c1-11(16-12(2)19)10-17-6-8-18(9-7-17)13-14-4-3-5-15-13/h3-5,11H,6-10H2,1-2H3,(H,16,19). The molecule has 1 atom stereocenters. The molecule has 1 aromatic heterocycles. The Balaban J connectivity index is 1.78. The average Bonchev–Trinajstić information content (AvgIpc) is 2.39. The lowest BCUT2D eigenvalue weighted by atomic mass is 10.2. The van der Waals surface area contributed by atoms with E-state index < -0.39 is 0 Å². The number of nitrogens with one attached hydrogen (secondary N) is 1. The summed E-state index contributed by atoms with van der Waals surface area (Å²) in [6, 6.07) is 2.02. The van der Waals surface area contributed by atoms with Gasteiger partial charge in [0.1, 0.15) is 0 Å². The molecule has 0 saturated carbocycles. The Kier molecular flexibility index (Phi) is 4.68. The van der Waals surface area contributed by atoms with Crippen LogP contribution in [0.4, 0.5) is 5.95 Å². The summed E-state index contributed by atoms with van der Waals surface area (Å²) < 4.78 is 0. The van der Waals surface area contributed by atoms with Gasteiger partial charge in [0.05, 0.1) is 0 Å². The van der Waals surface area contributed by atoms with Gasteiger partial charge in [0.25, 0.3) is 0 Å². The SMILES string of the molecule is CC(=O)NC(C)CN1CCN(c2ncccn2)CC1. The quantitative estimate of drug-likeness (QED) is 0.836. The van der Waals surface area contributed by atoms with Crippen molar-refractivity contribution in [1.29, 1.82) is 0 Å². The Morgan fingerprint density at radius 1 is 1.32 bits per heavy atom. The van der Waals surface area contributed by atoms with Gasteiger partial charge < -0.3 is 10.2 Å². The maximum Gasteiger partial charge on any atom is 0.225 e. The smallest absolute Gasteiger partial charge is 0.225 e. The Hall–Kier alpha value is -1.69. The fraction of sp³-hybridized carbons (Fsp3) is 0.615. The molecule has 1 aliphatic rings. The molecule has 19 heavy (non-hydrogen) atoms. The molecule has 0 radical (unpaired) electrons. The molecular formula is C13H21N5O. The van der Waals surface area contributed by atoms with Crippen molar-refractivity contribution in [3.05, 3.63) is 18.5 Å². The molecule has 0 aliphatic carbocycles. The summed E-state index contributed by atoms with van der Waals surface area (Å²) in [7, 11) is 0. The highest BCUT2D eigenvalue weighted by atomic mass is 16.1. The molecule has 1 fully saturated rings. The monoisotopic (exact) mass is 263 g/mol. The van der Waals surface area contributed by atoms with Crippen LogP contribution in [0.3, 0.4) is 0 Å². The number of hydrogen-bond acceptors (Lipinski definition) is 5. The normalized spacial score (nSPS) is 18.1. The van der Waals surface area contributed by atoms with Crippen LogP contribution in [-0.4, -0.2) is 59.5 Å². The zero-order valence-electron chi connectivity index (χ0n) is 11.5. The highest BCUT2D eigenvalue weighted by Crippen LogP contribution is 2.09. The zero-order chi connectivity index (χ0) is 13.7. The molecule has 6 heteroatoms. The number of carbonyl (C=O) groups is 1. The highest BCUT2D eigenvalue weighted by molar-refractivity contribution is 5.73. The summed E-state index contributed by atoms with van der Waals surface area (Å²) in [6.45, 7) is 8.29. The summed E-state index contributed by atoms with van der Waals surface area (Å²) in [5.74, 6) is 0.834. The first kappa shape index (κ1) is 13.7. The minimum Gasteiger partial charge on any atom is -0.353 e. The first-order valence-corrected chi connectivity index (χ1v) is 6.66. The van der Waals surface area contributed by atoms with Crippen molar-refractivity contribution < 1.29 is 4.79 Å². The third-order valence-corrected chi connectivity index (χ3v) is 3.19. The maximum absolute atomic E-state index is 11.0. The van der Waals surface area contributed by atoms with Gasteiger partial charge in [-0.3, -0.25) is 9.69 Å². The van der Waals surface area contributed by atoms with Gasteiger partial charge in [0.15, 0.2) is 0 Å². The fourth-order valence-corrected chi connectivity index (χ4v) is 2.36. The maximum atomic E-state index is 11.0. The second-order valence-electron chi connectivity index (χ2n) is 4.94. The van der Waals surface area contributed by atoms with Crippen LogP contribution < -0.4 is 10.2 Å². The summed E-state index contributed by atoms with van der Waals surface area (Å²) >= 11 is 0. The van der Waals surface area contributed by atoms with E-state index in [-0.39, 0.29) is 11.9 Å². The minimum atomic E-state index is 0.0313. The van der Waals surface area contributed by atoms with Crippen LogP contribution in [0.15, 0.2) is 18.5 Å². The molecule has 1 saturated heterocycles. The lowest BCUT2D eigenvalue weighted by Gasteiger charge is -2.35. The van der Waals surface area contributed by atoms with Crippen molar-refractivity contribution in [2.24, 2.45) is 0 Å². The van der Waals surface area contributed by atoms with E-state index in [4.69, 9.17) is 0 Å². The molecule has 1 aromatic rings. The number of anilines is 1. The van der Waals surface area contributed by atoms with E-state index in [2.05, 4.69) is 25.1 Å². The first-order chi connectivity index (χ1) is 9.15. The second kappa shape index (κ2) is 6.47. The number of carbonyl (C=O) groups excluding carboxylic acids is 1. The third kappa shape index (κ3) is 4.17. The van der Waals surface area contributed by atoms with E-state index in [0.29, 0.717) is 0 Å². The van der Waals surface area contributed by atoms with Crippen LogP contribution in [0.2, 0.25) is 0 Å². The van der Waals surface area contributed by atoms with E-state index >= 15 is 0 Å². The molecule has 0 aromatic carbocycles. The molecule has 104 valence electrons. The van der Waals surface area contributed by atoms with Crippen LogP contribution in [0, 0.1) is 0 Å². The topological polar surface area (TPSA) is 61.4 Å². The van der Waals surface area contributed by atoms with Crippen molar-refractivity contribution >= 4 is 11.9 Å².